The van der Waals surface area contributed by atoms with Crippen LogP contribution in [-0.4, -0.2) is 62.4 Å². The first-order chi connectivity index (χ1) is 14.7. The lowest BCUT2D eigenvalue weighted by Crippen LogP contribution is -2.53. The molecule has 1 heterocycles. The Balaban J connectivity index is 1.59. The molecule has 168 valence electrons. The Morgan fingerprint density at radius 1 is 1.10 bits per heavy atom. The number of anilines is 1. The van der Waals surface area contributed by atoms with Crippen LogP contribution in [0, 0.1) is 0 Å². The van der Waals surface area contributed by atoms with E-state index in [1.807, 2.05) is 18.7 Å². The van der Waals surface area contributed by atoms with Crippen molar-refractivity contribution in [2.45, 2.75) is 24.8 Å². The molecule has 1 N–H and O–H groups in total. The second kappa shape index (κ2) is 10.2. The van der Waals surface area contributed by atoms with Crippen LogP contribution in [-0.2, 0) is 14.8 Å². The van der Waals surface area contributed by atoms with Crippen LogP contribution in [0.25, 0.3) is 0 Å². The zero-order valence-corrected chi connectivity index (χ0v) is 19.7. The second-order valence-electron chi connectivity index (χ2n) is 7.11. The molecule has 3 rings (SSSR count). The fourth-order valence-corrected chi connectivity index (χ4v) is 5.53. The van der Waals surface area contributed by atoms with Crippen LogP contribution >= 0.6 is 23.2 Å². The molecular weight excluding hydrogens is 461 g/mol. The molecule has 0 aromatic heterocycles. The van der Waals surface area contributed by atoms with E-state index in [0.29, 0.717) is 25.4 Å². The number of hydrogen-bond donors (Lipinski definition) is 1. The standard InChI is InChI=1S/C21H25Cl2N3O4S/c1-3-30-17-9-7-16(8-10-17)24-21(27)15(2)25-11-13-26(14-12-25)31(28,29)19-6-4-5-18(22)20(19)23/h4-10,15H,3,11-14H2,1-2H3,(H,24,27). The van der Waals surface area contributed by atoms with Crippen molar-refractivity contribution in [3.63, 3.8) is 0 Å². The van der Waals surface area contributed by atoms with Gasteiger partial charge in [-0.15, -0.1) is 0 Å². The van der Waals surface area contributed by atoms with Crippen molar-refractivity contribution < 1.29 is 17.9 Å². The van der Waals surface area contributed by atoms with Crippen molar-refractivity contribution >= 4 is 44.8 Å². The predicted octanol–water partition coefficient (Wildman–Crippen LogP) is 3.73. The highest BCUT2D eigenvalue weighted by molar-refractivity contribution is 7.89. The molecule has 2 aromatic rings. The van der Waals surface area contributed by atoms with Gasteiger partial charge in [0.15, 0.2) is 0 Å². The van der Waals surface area contributed by atoms with Crippen LogP contribution in [0.3, 0.4) is 0 Å². The summed E-state index contributed by atoms with van der Waals surface area (Å²) in [5.74, 6) is 0.587. The minimum absolute atomic E-state index is 0.00333. The summed E-state index contributed by atoms with van der Waals surface area (Å²) in [5.41, 5.74) is 0.678. The summed E-state index contributed by atoms with van der Waals surface area (Å²) < 4.78 is 32.7. The summed E-state index contributed by atoms with van der Waals surface area (Å²) in [7, 11) is -3.76. The Labute approximate surface area is 192 Å². The number of nitrogens with zero attached hydrogens (tertiary/aromatic N) is 2. The molecule has 0 bridgehead atoms. The lowest BCUT2D eigenvalue weighted by molar-refractivity contribution is -0.121. The maximum absolute atomic E-state index is 13.0. The van der Waals surface area contributed by atoms with Gasteiger partial charge in [0.1, 0.15) is 10.6 Å². The summed E-state index contributed by atoms with van der Waals surface area (Å²) >= 11 is 12.1. The molecule has 0 aliphatic carbocycles. The number of rotatable bonds is 7. The van der Waals surface area contributed by atoms with Gasteiger partial charge >= 0.3 is 0 Å². The zero-order chi connectivity index (χ0) is 22.6. The number of piperazine rings is 1. The summed E-state index contributed by atoms with van der Waals surface area (Å²) in [4.78, 5) is 14.6. The van der Waals surface area contributed by atoms with Crippen molar-refractivity contribution in [3.05, 3.63) is 52.5 Å². The fourth-order valence-electron chi connectivity index (χ4n) is 3.37. The number of sulfonamides is 1. The van der Waals surface area contributed by atoms with E-state index in [2.05, 4.69) is 5.32 Å². The Hall–Kier alpha value is -1.84. The minimum Gasteiger partial charge on any atom is -0.494 e. The first kappa shape index (κ1) is 23.8. The molecule has 1 amide bonds. The highest BCUT2D eigenvalue weighted by atomic mass is 35.5. The third-order valence-corrected chi connectivity index (χ3v) is 8.04. The summed E-state index contributed by atoms with van der Waals surface area (Å²) in [6.07, 6.45) is 0. The third kappa shape index (κ3) is 5.51. The average molecular weight is 486 g/mol. The molecule has 31 heavy (non-hydrogen) atoms. The lowest BCUT2D eigenvalue weighted by Gasteiger charge is -2.36. The van der Waals surface area contributed by atoms with Gasteiger partial charge in [-0.2, -0.15) is 4.31 Å². The molecule has 1 atom stereocenters. The normalized spacial score (nSPS) is 16.6. The van der Waals surface area contributed by atoms with Crippen molar-refractivity contribution in [1.82, 2.24) is 9.21 Å². The minimum atomic E-state index is -3.76. The van der Waals surface area contributed by atoms with Crippen molar-refractivity contribution in [1.29, 1.82) is 0 Å². The van der Waals surface area contributed by atoms with Crippen LogP contribution in [0.15, 0.2) is 47.4 Å². The summed E-state index contributed by atoms with van der Waals surface area (Å²) in [6.45, 7) is 5.66. The molecule has 0 radical (unpaired) electrons. The van der Waals surface area contributed by atoms with E-state index in [1.54, 1.807) is 36.4 Å². The first-order valence-electron chi connectivity index (χ1n) is 9.96. The van der Waals surface area contributed by atoms with Crippen LogP contribution in [0.1, 0.15) is 13.8 Å². The largest absolute Gasteiger partial charge is 0.494 e. The number of nitrogens with one attached hydrogen (secondary N) is 1. The number of amides is 1. The molecule has 1 aliphatic rings. The van der Waals surface area contributed by atoms with Crippen LogP contribution < -0.4 is 10.1 Å². The zero-order valence-electron chi connectivity index (χ0n) is 17.3. The van der Waals surface area contributed by atoms with E-state index in [-0.39, 0.29) is 33.9 Å². The molecule has 7 nitrogen and oxygen atoms in total. The number of carbonyl (C=O) groups is 1. The monoisotopic (exact) mass is 485 g/mol. The summed E-state index contributed by atoms with van der Waals surface area (Å²) in [6, 6.07) is 11.3. The topological polar surface area (TPSA) is 79.0 Å². The quantitative estimate of drug-likeness (QED) is 0.646. The van der Waals surface area contributed by atoms with Gasteiger partial charge < -0.3 is 10.1 Å². The maximum atomic E-state index is 13.0. The second-order valence-corrected chi connectivity index (χ2v) is 9.81. The van der Waals surface area contributed by atoms with Gasteiger partial charge in [0.05, 0.1) is 22.7 Å². The molecule has 1 saturated heterocycles. The Morgan fingerprint density at radius 2 is 1.74 bits per heavy atom. The SMILES string of the molecule is CCOc1ccc(NC(=O)C(C)N2CCN(S(=O)(=O)c3cccc(Cl)c3Cl)CC2)cc1. The van der Waals surface area contributed by atoms with E-state index >= 15 is 0 Å². The molecule has 1 fully saturated rings. The van der Waals surface area contributed by atoms with E-state index < -0.39 is 16.1 Å². The highest BCUT2D eigenvalue weighted by Crippen LogP contribution is 2.31. The van der Waals surface area contributed by atoms with Gasteiger partial charge in [-0.3, -0.25) is 9.69 Å². The predicted molar refractivity (Wildman–Crippen MR) is 122 cm³/mol. The van der Waals surface area contributed by atoms with Crippen molar-refractivity contribution in [2.24, 2.45) is 0 Å². The lowest BCUT2D eigenvalue weighted by atomic mass is 10.2. The van der Waals surface area contributed by atoms with E-state index in [9.17, 15) is 13.2 Å². The molecule has 1 aliphatic heterocycles. The number of benzene rings is 2. The van der Waals surface area contributed by atoms with Gasteiger partial charge in [-0.25, -0.2) is 8.42 Å². The van der Waals surface area contributed by atoms with Gasteiger partial charge in [-0.05, 0) is 50.2 Å². The van der Waals surface area contributed by atoms with Crippen LogP contribution in [0.4, 0.5) is 5.69 Å². The van der Waals surface area contributed by atoms with Gasteiger partial charge in [0.25, 0.3) is 0 Å². The Kier molecular flexibility index (Phi) is 7.82. The molecule has 1 unspecified atom stereocenters. The Bertz CT molecular complexity index is 1020. The van der Waals surface area contributed by atoms with Gasteiger partial charge in [0.2, 0.25) is 15.9 Å². The van der Waals surface area contributed by atoms with E-state index in [4.69, 9.17) is 27.9 Å². The first-order valence-corrected chi connectivity index (χ1v) is 12.2. The van der Waals surface area contributed by atoms with Crippen LogP contribution in [0.5, 0.6) is 5.75 Å². The van der Waals surface area contributed by atoms with E-state index in [1.165, 1.54) is 10.4 Å². The molecule has 0 spiro atoms. The third-order valence-electron chi connectivity index (χ3n) is 5.17. The number of carbonyl (C=O) groups excluding carboxylic acids is 1. The van der Waals surface area contributed by atoms with Crippen molar-refractivity contribution in [2.75, 3.05) is 38.1 Å². The van der Waals surface area contributed by atoms with Gasteiger partial charge in [-0.1, -0.05) is 29.3 Å². The van der Waals surface area contributed by atoms with Gasteiger partial charge in [0, 0.05) is 31.9 Å². The highest BCUT2D eigenvalue weighted by Gasteiger charge is 2.33. The van der Waals surface area contributed by atoms with Crippen molar-refractivity contribution in [3.8, 4) is 5.75 Å². The number of ether oxygens (including phenoxy) is 1. The van der Waals surface area contributed by atoms with E-state index in [0.717, 1.165) is 5.75 Å². The molecule has 0 saturated carbocycles. The number of hydrogen-bond acceptors (Lipinski definition) is 5. The maximum Gasteiger partial charge on any atom is 0.244 e. The smallest absolute Gasteiger partial charge is 0.244 e. The molecule has 10 heteroatoms. The van der Waals surface area contributed by atoms with Crippen LogP contribution in [0.2, 0.25) is 10.0 Å². The molecular formula is C21H25Cl2N3O4S. The fraction of sp³-hybridized carbons (Fsp3) is 0.381. The summed E-state index contributed by atoms with van der Waals surface area (Å²) in [5, 5.41) is 3.11. The molecule has 2 aromatic carbocycles. The Morgan fingerprint density at radius 3 is 2.35 bits per heavy atom. The average Bonchev–Trinajstić information content (AvgIpc) is 2.76. The number of halogens is 2.